The van der Waals surface area contributed by atoms with Gasteiger partial charge in [-0.15, -0.1) is 0 Å². The van der Waals surface area contributed by atoms with Gasteiger partial charge in [0.25, 0.3) is 0 Å². The number of aliphatic carboxylic acids is 1. The summed E-state index contributed by atoms with van der Waals surface area (Å²) in [4.78, 5) is 25.6. The molecule has 1 saturated carbocycles. The van der Waals surface area contributed by atoms with E-state index in [2.05, 4.69) is 26.1 Å². The summed E-state index contributed by atoms with van der Waals surface area (Å²) in [6.45, 7) is 7.19. The predicted molar refractivity (Wildman–Crippen MR) is 76.4 cm³/mol. The van der Waals surface area contributed by atoms with Gasteiger partial charge in [-0.25, -0.2) is 4.79 Å². The molecule has 0 aromatic carbocycles. The molecule has 0 radical (unpaired) electrons. The number of rotatable bonds is 4. The van der Waals surface area contributed by atoms with Gasteiger partial charge in [0.2, 0.25) is 0 Å². The number of carbonyl (C=O) groups excluding carboxylic acids is 1. The molecule has 2 fully saturated rings. The third kappa shape index (κ3) is 2.50. The van der Waals surface area contributed by atoms with Gasteiger partial charge in [-0.1, -0.05) is 27.2 Å². The number of carbonyl (C=O) groups is 2. The lowest BCUT2D eigenvalue weighted by molar-refractivity contribution is -0.149. The van der Waals surface area contributed by atoms with Crippen LogP contribution in [0.3, 0.4) is 0 Å². The largest absolute Gasteiger partial charge is 0.481 e. The number of fused-ring (bicyclic) bond motifs is 1. The third-order valence-electron chi connectivity index (χ3n) is 5.14. The number of amides is 2. The Labute approximate surface area is 120 Å². The molecule has 0 aromatic rings. The molecule has 5 heteroatoms. The highest BCUT2D eigenvalue weighted by molar-refractivity contribution is 5.80. The van der Waals surface area contributed by atoms with Crippen molar-refractivity contribution in [3.63, 3.8) is 0 Å². The zero-order valence-corrected chi connectivity index (χ0v) is 12.7. The summed E-state index contributed by atoms with van der Waals surface area (Å²) in [5, 5.41) is 12.6. The van der Waals surface area contributed by atoms with Crippen LogP contribution in [0.4, 0.5) is 4.79 Å². The lowest BCUT2D eigenvalue weighted by atomic mass is 9.81. The van der Waals surface area contributed by atoms with Crippen LogP contribution in [-0.4, -0.2) is 41.1 Å². The van der Waals surface area contributed by atoms with Gasteiger partial charge in [0, 0.05) is 19.1 Å². The van der Waals surface area contributed by atoms with Gasteiger partial charge in [0.1, 0.15) is 0 Å². The molecular formula is C15H26N2O3. The molecule has 2 rings (SSSR count). The molecule has 0 spiro atoms. The lowest BCUT2D eigenvalue weighted by Crippen LogP contribution is -2.47. The second-order valence-electron chi connectivity index (χ2n) is 6.64. The molecule has 1 unspecified atom stereocenters. The van der Waals surface area contributed by atoms with Gasteiger partial charge in [0.15, 0.2) is 0 Å². The van der Waals surface area contributed by atoms with Gasteiger partial charge in [0.05, 0.1) is 5.41 Å². The summed E-state index contributed by atoms with van der Waals surface area (Å²) in [6, 6.07) is 0.0595. The quantitative estimate of drug-likeness (QED) is 0.831. The smallest absolute Gasteiger partial charge is 0.317 e. The number of carboxylic acid groups (broad SMARTS) is 1. The number of likely N-dealkylation sites (tertiary alicyclic amines) is 1. The first-order valence-electron chi connectivity index (χ1n) is 7.69. The normalized spacial score (nSPS) is 30.4. The van der Waals surface area contributed by atoms with Crippen molar-refractivity contribution in [1.82, 2.24) is 10.2 Å². The maximum Gasteiger partial charge on any atom is 0.317 e. The Morgan fingerprint density at radius 3 is 2.65 bits per heavy atom. The number of hydrogen-bond acceptors (Lipinski definition) is 2. The van der Waals surface area contributed by atoms with Crippen LogP contribution in [0.15, 0.2) is 0 Å². The van der Waals surface area contributed by atoms with E-state index in [1.54, 1.807) is 4.90 Å². The Morgan fingerprint density at radius 1 is 1.45 bits per heavy atom. The lowest BCUT2D eigenvalue weighted by Gasteiger charge is -2.26. The van der Waals surface area contributed by atoms with Gasteiger partial charge in [-0.05, 0) is 31.1 Å². The average molecular weight is 282 g/mol. The molecule has 2 amide bonds. The van der Waals surface area contributed by atoms with Gasteiger partial charge in [-0.3, -0.25) is 4.79 Å². The number of hydrogen-bond donors (Lipinski definition) is 2. The van der Waals surface area contributed by atoms with Gasteiger partial charge in [-0.2, -0.15) is 0 Å². The third-order valence-corrected chi connectivity index (χ3v) is 5.14. The molecule has 1 aliphatic carbocycles. The van der Waals surface area contributed by atoms with Crippen LogP contribution in [-0.2, 0) is 4.79 Å². The van der Waals surface area contributed by atoms with E-state index in [4.69, 9.17) is 0 Å². The molecule has 1 heterocycles. The van der Waals surface area contributed by atoms with Crippen LogP contribution in [0.5, 0.6) is 0 Å². The van der Waals surface area contributed by atoms with Crippen molar-refractivity contribution >= 4 is 12.0 Å². The summed E-state index contributed by atoms with van der Waals surface area (Å²) in [5.74, 6) is -0.212. The Morgan fingerprint density at radius 2 is 2.15 bits per heavy atom. The van der Waals surface area contributed by atoms with E-state index < -0.39 is 11.4 Å². The van der Waals surface area contributed by atoms with Crippen molar-refractivity contribution in [3.05, 3.63) is 0 Å². The monoisotopic (exact) mass is 282 g/mol. The number of nitrogens with one attached hydrogen (secondary N) is 1. The fourth-order valence-electron chi connectivity index (χ4n) is 3.78. The van der Waals surface area contributed by atoms with Crippen molar-refractivity contribution in [2.75, 3.05) is 13.1 Å². The van der Waals surface area contributed by atoms with Crippen LogP contribution >= 0.6 is 0 Å². The highest BCUT2D eigenvalue weighted by Crippen LogP contribution is 2.48. The Bertz CT molecular complexity index is 397. The van der Waals surface area contributed by atoms with Gasteiger partial charge >= 0.3 is 12.0 Å². The SMILES string of the molecule is CCC(NC(=O)N1C[C@@H]2CCC[C@@]2(C(=O)O)C1)C(C)C. The molecule has 20 heavy (non-hydrogen) atoms. The van der Waals surface area contributed by atoms with Crippen LogP contribution in [0.25, 0.3) is 0 Å². The van der Waals surface area contributed by atoms with Gasteiger partial charge < -0.3 is 15.3 Å². The van der Waals surface area contributed by atoms with Crippen LogP contribution < -0.4 is 5.32 Å². The van der Waals surface area contributed by atoms with E-state index in [1.807, 2.05) is 0 Å². The topological polar surface area (TPSA) is 69.6 Å². The van der Waals surface area contributed by atoms with Crippen molar-refractivity contribution in [1.29, 1.82) is 0 Å². The summed E-state index contributed by atoms with van der Waals surface area (Å²) >= 11 is 0. The highest BCUT2D eigenvalue weighted by atomic mass is 16.4. The van der Waals surface area contributed by atoms with Crippen molar-refractivity contribution in [2.24, 2.45) is 17.3 Å². The van der Waals surface area contributed by atoms with E-state index in [0.717, 1.165) is 19.3 Å². The fraction of sp³-hybridized carbons (Fsp3) is 0.867. The fourth-order valence-corrected chi connectivity index (χ4v) is 3.78. The number of nitrogens with zero attached hydrogens (tertiary/aromatic N) is 1. The molecule has 1 aliphatic heterocycles. The maximum atomic E-state index is 12.3. The van der Waals surface area contributed by atoms with E-state index in [1.165, 1.54) is 0 Å². The van der Waals surface area contributed by atoms with E-state index >= 15 is 0 Å². The van der Waals surface area contributed by atoms with Crippen molar-refractivity contribution < 1.29 is 14.7 Å². The molecule has 114 valence electrons. The molecular weight excluding hydrogens is 256 g/mol. The van der Waals surface area contributed by atoms with Crippen LogP contribution in [0.1, 0.15) is 46.5 Å². The Hall–Kier alpha value is -1.26. The van der Waals surface area contributed by atoms with Crippen LogP contribution in [0.2, 0.25) is 0 Å². The second-order valence-corrected chi connectivity index (χ2v) is 6.64. The first kappa shape index (κ1) is 15.1. The second kappa shape index (κ2) is 5.62. The number of carboxylic acids is 1. The first-order valence-corrected chi connectivity index (χ1v) is 7.69. The molecule has 2 N–H and O–H groups in total. The molecule has 3 atom stereocenters. The summed E-state index contributed by atoms with van der Waals surface area (Å²) in [6.07, 6.45) is 3.50. The summed E-state index contributed by atoms with van der Waals surface area (Å²) in [7, 11) is 0. The van der Waals surface area contributed by atoms with E-state index in [9.17, 15) is 14.7 Å². The zero-order valence-electron chi connectivity index (χ0n) is 12.7. The maximum absolute atomic E-state index is 12.3. The minimum Gasteiger partial charge on any atom is -0.481 e. The Balaban J connectivity index is 2.02. The molecule has 2 aliphatic rings. The predicted octanol–water partition coefficient (Wildman–Crippen LogP) is 2.32. The summed E-state index contributed by atoms with van der Waals surface area (Å²) in [5.41, 5.74) is -0.684. The molecule has 5 nitrogen and oxygen atoms in total. The first-order chi connectivity index (χ1) is 9.40. The average Bonchev–Trinajstić information content (AvgIpc) is 2.92. The minimum atomic E-state index is -0.730. The van der Waals surface area contributed by atoms with Crippen molar-refractivity contribution in [3.8, 4) is 0 Å². The Kier molecular flexibility index (Phi) is 4.25. The van der Waals surface area contributed by atoms with E-state index in [-0.39, 0.29) is 18.0 Å². The molecule has 0 bridgehead atoms. The summed E-state index contributed by atoms with van der Waals surface area (Å²) < 4.78 is 0. The zero-order chi connectivity index (χ0) is 14.9. The molecule has 1 saturated heterocycles. The standard InChI is InChI=1S/C15H26N2O3/c1-4-12(10(2)3)16-14(20)17-8-11-6-5-7-15(11,9-17)13(18)19/h10-12H,4-9H2,1-3H3,(H,16,20)(H,18,19)/t11-,12?,15+/m0/s1. The number of urea groups is 1. The van der Waals surface area contributed by atoms with E-state index in [0.29, 0.717) is 25.4 Å². The van der Waals surface area contributed by atoms with Crippen molar-refractivity contribution in [2.45, 2.75) is 52.5 Å². The highest BCUT2D eigenvalue weighted by Gasteiger charge is 2.55. The van der Waals surface area contributed by atoms with Crippen LogP contribution in [0, 0.1) is 17.3 Å². The minimum absolute atomic E-state index is 0.0967. The molecule has 0 aromatic heterocycles.